The SMILES string of the molecule is CC[C@@]1(O)C(=O)OCc2c1cc1n(c2=O)Cc2cc3c(CN(C)C)c(OC4CCN(CCCCCCN(C)c5ccc([C@H]6C[C@@]7(OC(C)=O)C(CC[C@]7(C)C(C)=O)C7CCC8=CC(=O)CCC8=C76)cc5)CC4)ccc3nc2-1. The van der Waals surface area contributed by atoms with Gasteiger partial charge in [-0.2, -0.15) is 0 Å². The van der Waals surface area contributed by atoms with Crippen LogP contribution in [0.3, 0.4) is 0 Å². The Morgan fingerprint density at radius 1 is 0.922 bits per heavy atom. The highest BCUT2D eigenvalue weighted by Crippen LogP contribution is 2.67. The number of anilines is 1. The summed E-state index contributed by atoms with van der Waals surface area (Å²) < 4.78 is 20.3. The van der Waals surface area contributed by atoms with E-state index in [9.17, 15) is 29.1 Å². The number of carbonyl (C=O) groups excluding carboxylic acids is 4. The largest absolute Gasteiger partial charge is 0.490 e. The Hall–Kier alpha value is -5.96. The number of likely N-dealkylation sites (tertiary alicyclic amines) is 1. The van der Waals surface area contributed by atoms with E-state index in [2.05, 4.69) is 66.2 Å². The van der Waals surface area contributed by atoms with Crippen LogP contribution in [-0.4, -0.2) is 107 Å². The van der Waals surface area contributed by atoms with Gasteiger partial charge in [-0.05, 0) is 170 Å². The molecule has 77 heavy (non-hydrogen) atoms. The molecule has 3 aliphatic heterocycles. The summed E-state index contributed by atoms with van der Waals surface area (Å²) in [5, 5.41) is 12.3. The highest BCUT2D eigenvalue weighted by molar-refractivity contribution is 5.93. The van der Waals surface area contributed by atoms with Crippen molar-refractivity contribution >= 4 is 40.1 Å². The molecule has 2 aromatic carbocycles. The van der Waals surface area contributed by atoms with Gasteiger partial charge in [-0.25, -0.2) is 9.78 Å². The average molecular weight is 1050 g/mol. The number of allylic oxidation sites excluding steroid dienone is 4. The molecule has 2 saturated carbocycles. The third kappa shape index (κ3) is 9.27. The molecule has 11 rings (SSSR count). The van der Waals surface area contributed by atoms with E-state index in [1.807, 2.05) is 25.1 Å². The number of benzene rings is 2. The topological polar surface area (TPSA) is 161 Å². The zero-order chi connectivity index (χ0) is 54.1. The number of unbranched alkanes of at least 4 members (excludes halogenated alkanes) is 3. The number of piperidine rings is 1. The second-order valence-corrected chi connectivity index (χ2v) is 24.0. The second kappa shape index (κ2) is 20.7. The van der Waals surface area contributed by atoms with Gasteiger partial charge < -0.3 is 38.6 Å². The van der Waals surface area contributed by atoms with Gasteiger partial charge in [0.15, 0.2) is 11.4 Å². The molecule has 5 heterocycles. The molecule has 0 radical (unpaired) electrons. The van der Waals surface area contributed by atoms with Crippen LogP contribution in [0.4, 0.5) is 5.69 Å². The Morgan fingerprint density at radius 2 is 1.69 bits per heavy atom. The number of ether oxygens (including phenoxy) is 3. The van der Waals surface area contributed by atoms with Crippen molar-refractivity contribution < 1.29 is 38.5 Å². The van der Waals surface area contributed by atoms with Crippen molar-refractivity contribution in [3.8, 4) is 17.1 Å². The maximum absolute atomic E-state index is 13.8. The molecule has 0 bridgehead atoms. The predicted octanol–water partition coefficient (Wildman–Crippen LogP) is 9.47. The molecule has 2 aromatic heterocycles. The highest BCUT2D eigenvalue weighted by atomic mass is 16.6. The summed E-state index contributed by atoms with van der Waals surface area (Å²) in [5.41, 5.74) is 7.25. The smallest absolute Gasteiger partial charge is 0.343 e. The zero-order valence-electron chi connectivity index (χ0n) is 46.3. The second-order valence-electron chi connectivity index (χ2n) is 24.0. The van der Waals surface area contributed by atoms with E-state index in [-0.39, 0.29) is 60.0 Å². The first-order chi connectivity index (χ1) is 36.9. The Bertz CT molecular complexity index is 3170. The summed E-state index contributed by atoms with van der Waals surface area (Å²) in [7, 11) is 6.27. The van der Waals surface area contributed by atoms with E-state index in [0.29, 0.717) is 54.9 Å². The molecule has 3 fully saturated rings. The van der Waals surface area contributed by atoms with Crippen LogP contribution in [0, 0.1) is 17.3 Å². The minimum absolute atomic E-state index is 0.00994. The Kier molecular flexibility index (Phi) is 14.3. The van der Waals surface area contributed by atoms with Crippen LogP contribution in [0.1, 0.15) is 151 Å². The summed E-state index contributed by atoms with van der Waals surface area (Å²) >= 11 is 0. The third-order valence-electron chi connectivity index (χ3n) is 19.3. The quantitative estimate of drug-likeness (QED) is 0.0736. The van der Waals surface area contributed by atoms with E-state index < -0.39 is 22.6 Å². The van der Waals surface area contributed by atoms with Crippen molar-refractivity contribution in [2.45, 2.75) is 161 Å². The first kappa shape index (κ1) is 53.1. The van der Waals surface area contributed by atoms with Crippen molar-refractivity contribution in [1.29, 1.82) is 0 Å². The number of hydrogen-bond acceptors (Lipinski definition) is 13. The monoisotopic (exact) mass is 1050 g/mol. The van der Waals surface area contributed by atoms with Crippen molar-refractivity contribution in [2.24, 2.45) is 17.3 Å². The third-order valence-corrected chi connectivity index (χ3v) is 19.3. The average Bonchev–Trinajstić information content (AvgIpc) is 4.19. The van der Waals surface area contributed by atoms with Crippen LogP contribution in [0.15, 0.2) is 76.1 Å². The van der Waals surface area contributed by atoms with Crippen molar-refractivity contribution in [3.05, 3.63) is 109 Å². The van der Waals surface area contributed by atoms with Gasteiger partial charge in [0, 0.05) is 86.2 Å². The Balaban J connectivity index is 0.685. The van der Waals surface area contributed by atoms with Crippen LogP contribution in [0.25, 0.3) is 22.3 Å². The number of aromatic nitrogens is 2. The van der Waals surface area contributed by atoms with Gasteiger partial charge in [-0.1, -0.05) is 37.5 Å². The Labute approximate surface area is 452 Å². The lowest BCUT2D eigenvalue weighted by atomic mass is 9.53. The Morgan fingerprint density at radius 3 is 2.42 bits per heavy atom. The van der Waals surface area contributed by atoms with Gasteiger partial charge in [-0.15, -0.1) is 0 Å². The summed E-state index contributed by atoms with van der Waals surface area (Å²) in [6.07, 6.45) is 13.8. The van der Waals surface area contributed by atoms with Gasteiger partial charge in [0.05, 0.1) is 34.4 Å². The number of aliphatic hydroxyl groups is 1. The number of rotatable bonds is 16. The van der Waals surface area contributed by atoms with Gasteiger partial charge in [0.2, 0.25) is 0 Å². The lowest BCUT2D eigenvalue weighted by molar-refractivity contribution is -0.188. The molecule has 7 aliphatic rings. The van der Waals surface area contributed by atoms with Crippen molar-refractivity contribution in [2.75, 3.05) is 52.2 Å². The number of Topliss-reactive ketones (excluding diaryl/α,β-unsaturated/α-hetero) is 1. The molecule has 14 heteroatoms. The number of fused-ring (bicyclic) bond motifs is 9. The molecule has 4 aromatic rings. The number of hydrogen-bond donors (Lipinski definition) is 1. The van der Waals surface area contributed by atoms with Crippen LogP contribution >= 0.6 is 0 Å². The fraction of sp³-hybridized carbons (Fsp3) is 0.556. The minimum Gasteiger partial charge on any atom is -0.490 e. The van der Waals surface area contributed by atoms with Gasteiger partial charge >= 0.3 is 11.9 Å². The molecule has 1 saturated heterocycles. The fourth-order valence-corrected chi connectivity index (χ4v) is 15.0. The number of nitrogens with zero attached hydrogens (tertiary/aromatic N) is 5. The summed E-state index contributed by atoms with van der Waals surface area (Å²) in [6, 6.07) is 16.9. The van der Waals surface area contributed by atoms with E-state index >= 15 is 0 Å². The number of ketones is 2. The van der Waals surface area contributed by atoms with Crippen LogP contribution in [0.5, 0.6) is 5.75 Å². The summed E-state index contributed by atoms with van der Waals surface area (Å²) in [5.74, 6) is 0.387. The van der Waals surface area contributed by atoms with E-state index in [1.54, 1.807) is 24.5 Å². The number of carbonyl (C=O) groups is 4. The van der Waals surface area contributed by atoms with E-state index in [1.165, 1.54) is 41.3 Å². The predicted molar refractivity (Wildman–Crippen MR) is 296 cm³/mol. The lowest BCUT2D eigenvalue weighted by Crippen LogP contribution is -2.58. The molecule has 14 nitrogen and oxygen atoms in total. The molecule has 6 atom stereocenters. The molecule has 2 unspecified atom stereocenters. The minimum atomic E-state index is -1.87. The van der Waals surface area contributed by atoms with Crippen LogP contribution in [0.2, 0.25) is 0 Å². The molecule has 408 valence electrons. The van der Waals surface area contributed by atoms with E-state index in [0.717, 1.165) is 112 Å². The fourth-order valence-electron chi connectivity index (χ4n) is 15.0. The van der Waals surface area contributed by atoms with Crippen molar-refractivity contribution in [3.63, 3.8) is 0 Å². The van der Waals surface area contributed by atoms with Crippen LogP contribution < -0.4 is 15.2 Å². The maximum atomic E-state index is 13.8. The number of pyridine rings is 2. The number of cyclic esters (lactones) is 1. The standard InChI is InChI=1S/C63H77N5O9/c1-8-62(74)53-33-55-58-42(35-68(55)59(72)51(53)37-75-60(62)73)32-48-50(36-65(5)6)56(22-21-54(48)64-58)76-45-24-29-67(30-25-45)28-12-10-9-11-27-66(7)43-16-13-40(14-17-43)49-34-63(77-39(3)70)52(23-26-61(63,4)38(2)69)47-19-15-41-31-44(71)18-20-46(41)57(47)49/h13-14,16-17,21-22,31-33,45,47,49,52,74H,8-12,15,18-20,23-30,34-37H2,1-7H3/t47?,49-,52?,61-,62+,63-/m1/s1. The molecule has 0 amide bonds. The summed E-state index contributed by atoms with van der Waals surface area (Å²) in [6.45, 7) is 11.8. The molecule has 4 aliphatic carbocycles. The molecular formula is C63H77N5O9. The lowest BCUT2D eigenvalue weighted by Gasteiger charge is -2.55. The van der Waals surface area contributed by atoms with E-state index in [4.69, 9.17) is 19.2 Å². The first-order valence-electron chi connectivity index (χ1n) is 28.6. The first-order valence-corrected chi connectivity index (χ1v) is 28.6. The summed E-state index contributed by atoms with van der Waals surface area (Å²) in [4.78, 5) is 77.8. The van der Waals surface area contributed by atoms with Crippen LogP contribution in [-0.2, 0) is 53.9 Å². The van der Waals surface area contributed by atoms with Gasteiger partial charge in [0.1, 0.15) is 29.8 Å². The molecule has 1 N–H and O–H groups in total. The highest BCUT2D eigenvalue weighted by Gasteiger charge is 2.68. The van der Waals surface area contributed by atoms with Gasteiger partial charge in [0.25, 0.3) is 5.56 Å². The molecular weight excluding hydrogens is 971 g/mol. The normalized spacial score (nSPS) is 26.8. The van der Waals surface area contributed by atoms with Gasteiger partial charge in [-0.3, -0.25) is 19.2 Å². The van der Waals surface area contributed by atoms with Crippen molar-refractivity contribution in [1.82, 2.24) is 19.4 Å². The zero-order valence-corrected chi connectivity index (χ0v) is 46.3. The number of esters is 2. The maximum Gasteiger partial charge on any atom is 0.343 e. The molecule has 0 spiro atoms.